The molecule has 3 nitrogen and oxygen atoms in total. The summed E-state index contributed by atoms with van der Waals surface area (Å²) >= 11 is 0. The molecule has 3 heteroatoms. The van der Waals surface area contributed by atoms with E-state index in [1.807, 2.05) is 26.0 Å². The lowest BCUT2D eigenvalue weighted by atomic mass is 10.0. The smallest absolute Gasteiger partial charge is 0.119 e. The van der Waals surface area contributed by atoms with E-state index in [1.165, 1.54) is 5.56 Å². The van der Waals surface area contributed by atoms with Crippen LogP contribution in [0.1, 0.15) is 52.5 Å². The molecule has 120 valence electrons. The van der Waals surface area contributed by atoms with E-state index in [0.717, 1.165) is 18.8 Å². The van der Waals surface area contributed by atoms with Gasteiger partial charge in [0.2, 0.25) is 0 Å². The van der Waals surface area contributed by atoms with Gasteiger partial charge in [0, 0.05) is 0 Å². The van der Waals surface area contributed by atoms with Crippen LogP contribution in [0, 0.1) is 0 Å². The summed E-state index contributed by atoms with van der Waals surface area (Å²) in [6, 6.07) is 8.32. The Labute approximate surface area is 129 Å². The Hall–Kier alpha value is -1.06. The van der Waals surface area contributed by atoms with E-state index in [4.69, 9.17) is 14.2 Å². The highest BCUT2D eigenvalue weighted by Crippen LogP contribution is 2.19. The molecule has 1 fully saturated rings. The fourth-order valence-corrected chi connectivity index (χ4v) is 1.83. The largest absolute Gasteiger partial charge is 0.491 e. The summed E-state index contributed by atoms with van der Waals surface area (Å²) < 4.78 is 16.7. The van der Waals surface area contributed by atoms with Gasteiger partial charge in [-0.3, -0.25) is 0 Å². The fraction of sp³-hybridized carbons (Fsp3) is 0.667. The highest BCUT2D eigenvalue weighted by molar-refractivity contribution is 5.28. The quantitative estimate of drug-likeness (QED) is 0.665. The van der Waals surface area contributed by atoms with Crippen molar-refractivity contribution in [3.05, 3.63) is 29.8 Å². The highest BCUT2D eigenvalue weighted by Gasteiger charge is 2.24. The van der Waals surface area contributed by atoms with Crippen LogP contribution in [0.3, 0.4) is 0 Å². The van der Waals surface area contributed by atoms with Gasteiger partial charge in [-0.1, -0.05) is 46.8 Å². The first-order valence-corrected chi connectivity index (χ1v) is 8.15. The van der Waals surface area contributed by atoms with Gasteiger partial charge in [-0.05, 0) is 30.0 Å². The number of rotatable bonds is 8. The minimum absolute atomic E-state index is 0.147. The van der Waals surface area contributed by atoms with E-state index in [0.29, 0.717) is 25.2 Å². The van der Waals surface area contributed by atoms with Crippen molar-refractivity contribution in [1.29, 1.82) is 0 Å². The number of hydrogen-bond acceptors (Lipinski definition) is 3. The molecule has 2 atom stereocenters. The minimum Gasteiger partial charge on any atom is -0.491 e. The van der Waals surface area contributed by atoms with Crippen LogP contribution in [0.4, 0.5) is 0 Å². The molecule has 0 amide bonds. The van der Waals surface area contributed by atoms with Crippen molar-refractivity contribution in [3.8, 4) is 5.75 Å². The average Bonchev–Trinajstić information content (AvgIpc) is 3.34. The van der Waals surface area contributed by atoms with Crippen LogP contribution in [-0.4, -0.2) is 32.0 Å². The normalized spacial score (nSPS) is 17.9. The SMILES string of the molecule is CC.CCC(COc1ccc(C(C)C)cc1)OCC1CO1. The topological polar surface area (TPSA) is 31.0 Å². The molecular weight excluding hydrogens is 264 g/mol. The van der Waals surface area contributed by atoms with Gasteiger partial charge in [0.25, 0.3) is 0 Å². The summed E-state index contributed by atoms with van der Waals surface area (Å²) in [7, 11) is 0. The first-order chi connectivity index (χ1) is 10.2. The summed E-state index contributed by atoms with van der Waals surface area (Å²) in [4.78, 5) is 0. The van der Waals surface area contributed by atoms with Crippen LogP contribution < -0.4 is 4.74 Å². The van der Waals surface area contributed by atoms with Crippen molar-refractivity contribution in [2.24, 2.45) is 0 Å². The predicted molar refractivity (Wildman–Crippen MR) is 87.1 cm³/mol. The molecule has 1 aliphatic rings. The molecule has 0 N–H and O–H groups in total. The lowest BCUT2D eigenvalue weighted by molar-refractivity contribution is 0.0107. The van der Waals surface area contributed by atoms with Crippen LogP contribution in [-0.2, 0) is 9.47 Å². The number of hydrogen-bond donors (Lipinski definition) is 0. The Bertz CT molecular complexity index is 369. The molecule has 1 saturated heterocycles. The van der Waals surface area contributed by atoms with E-state index < -0.39 is 0 Å². The zero-order chi connectivity index (χ0) is 15.7. The second-order valence-corrected chi connectivity index (χ2v) is 5.35. The van der Waals surface area contributed by atoms with Crippen LogP contribution >= 0.6 is 0 Å². The van der Waals surface area contributed by atoms with Crippen molar-refractivity contribution >= 4 is 0 Å². The van der Waals surface area contributed by atoms with Crippen molar-refractivity contribution in [3.63, 3.8) is 0 Å². The van der Waals surface area contributed by atoms with Gasteiger partial charge in [0.1, 0.15) is 18.5 Å². The van der Waals surface area contributed by atoms with Crippen LogP contribution in [0.15, 0.2) is 24.3 Å². The standard InChI is InChI=1S/C16H24O3.C2H6/c1-4-14(17-10-16-11-19-16)9-18-15-7-5-13(6-8-15)12(2)3;1-2/h5-8,12,14,16H,4,9-11H2,1-3H3;1-2H3. The predicted octanol–water partition coefficient (Wildman–Crippen LogP) is 4.41. The van der Waals surface area contributed by atoms with Gasteiger partial charge < -0.3 is 14.2 Å². The maximum Gasteiger partial charge on any atom is 0.119 e. The monoisotopic (exact) mass is 294 g/mol. The van der Waals surface area contributed by atoms with Gasteiger partial charge in [-0.25, -0.2) is 0 Å². The zero-order valence-electron chi connectivity index (χ0n) is 14.1. The zero-order valence-corrected chi connectivity index (χ0v) is 14.1. The molecule has 1 aliphatic heterocycles. The number of benzene rings is 1. The van der Waals surface area contributed by atoms with Crippen LogP contribution in [0.25, 0.3) is 0 Å². The van der Waals surface area contributed by atoms with Crippen LogP contribution in [0.2, 0.25) is 0 Å². The van der Waals surface area contributed by atoms with Crippen molar-refractivity contribution in [2.75, 3.05) is 19.8 Å². The second-order valence-electron chi connectivity index (χ2n) is 5.35. The molecule has 2 unspecified atom stereocenters. The summed E-state index contributed by atoms with van der Waals surface area (Å²) in [5.74, 6) is 1.47. The van der Waals surface area contributed by atoms with E-state index >= 15 is 0 Å². The highest BCUT2D eigenvalue weighted by atomic mass is 16.6. The third-order valence-corrected chi connectivity index (χ3v) is 3.36. The molecular formula is C18H30O3. The summed E-state index contributed by atoms with van der Waals surface area (Å²) in [5, 5.41) is 0. The molecule has 0 saturated carbocycles. The van der Waals surface area contributed by atoms with Gasteiger partial charge in [0.05, 0.1) is 19.3 Å². The Morgan fingerprint density at radius 1 is 1.19 bits per heavy atom. The average molecular weight is 294 g/mol. The van der Waals surface area contributed by atoms with Gasteiger partial charge in [0.15, 0.2) is 0 Å². The van der Waals surface area contributed by atoms with E-state index in [-0.39, 0.29) is 6.10 Å². The molecule has 1 aromatic carbocycles. The number of ether oxygens (including phenoxy) is 3. The maximum absolute atomic E-state index is 5.78. The van der Waals surface area contributed by atoms with E-state index in [9.17, 15) is 0 Å². The van der Waals surface area contributed by atoms with E-state index in [2.05, 4.69) is 32.9 Å². The third-order valence-electron chi connectivity index (χ3n) is 3.36. The molecule has 0 radical (unpaired) electrons. The van der Waals surface area contributed by atoms with Gasteiger partial charge >= 0.3 is 0 Å². The Morgan fingerprint density at radius 2 is 1.81 bits per heavy atom. The van der Waals surface area contributed by atoms with Crippen LogP contribution in [0.5, 0.6) is 5.75 Å². The third kappa shape index (κ3) is 6.96. The van der Waals surface area contributed by atoms with Crippen molar-refractivity contribution in [2.45, 2.75) is 59.2 Å². The summed E-state index contributed by atoms with van der Waals surface area (Å²) in [6.45, 7) is 12.6. The molecule has 0 bridgehead atoms. The molecule has 1 aromatic rings. The molecule has 0 aliphatic carbocycles. The lowest BCUT2D eigenvalue weighted by Crippen LogP contribution is -2.23. The van der Waals surface area contributed by atoms with Gasteiger partial charge in [-0.2, -0.15) is 0 Å². The molecule has 2 rings (SSSR count). The molecule has 0 aromatic heterocycles. The molecule has 21 heavy (non-hydrogen) atoms. The lowest BCUT2D eigenvalue weighted by Gasteiger charge is -2.16. The van der Waals surface area contributed by atoms with Gasteiger partial charge in [-0.15, -0.1) is 0 Å². The summed E-state index contributed by atoms with van der Waals surface area (Å²) in [5.41, 5.74) is 1.33. The Balaban J connectivity index is 0.00000106. The van der Waals surface area contributed by atoms with Crippen molar-refractivity contribution < 1.29 is 14.2 Å². The van der Waals surface area contributed by atoms with Crippen molar-refractivity contribution in [1.82, 2.24) is 0 Å². The minimum atomic E-state index is 0.147. The Kier molecular flexibility index (Phi) is 8.40. The Morgan fingerprint density at radius 3 is 2.29 bits per heavy atom. The van der Waals surface area contributed by atoms with E-state index in [1.54, 1.807) is 0 Å². The maximum atomic E-state index is 5.78. The first kappa shape index (κ1) is 18.0. The molecule has 1 heterocycles. The number of epoxide rings is 1. The summed E-state index contributed by atoms with van der Waals surface area (Å²) in [6.07, 6.45) is 1.42. The fourth-order valence-electron chi connectivity index (χ4n) is 1.83. The first-order valence-electron chi connectivity index (χ1n) is 8.15. The molecule has 0 spiro atoms. The second kappa shape index (κ2) is 9.80.